The fraction of sp³-hybridized carbons (Fsp3) is 0.214. The number of hydrogen-bond acceptors (Lipinski definition) is 4. The van der Waals surface area contributed by atoms with Crippen molar-refractivity contribution in [3.05, 3.63) is 46.4 Å². The minimum absolute atomic E-state index is 0.257. The van der Waals surface area contributed by atoms with Crippen LogP contribution in [0.15, 0.2) is 29.7 Å². The molecule has 0 bridgehead atoms. The van der Waals surface area contributed by atoms with Crippen LogP contribution >= 0.6 is 0 Å². The van der Waals surface area contributed by atoms with Gasteiger partial charge in [0.1, 0.15) is 17.0 Å². The van der Waals surface area contributed by atoms with Crippen LogP contribution in [0.25, 0.3) is 11.0 Å². The second kappa shape index (κ2) is 4.48. The van der Waals surface area contributed by atoms with Crippen LogP contribution in [0.4, 0.5) is 0 Å². The van der Waals surface area contributed by atoms with E-state index in [2.05, 4.69) is 11.6 Å². The number of rotatable bonds is 3. The normalized spacial score (nSPS) is 13.0. The molecule has 2 aromatic heterocycles. The van der Waals surface area contributed by atoms with Gasteiger partial charge >= 0.3 is 5.97 Å². The Morgan fingerprint density at radius 2 is 2.40 bits per heavy atom. The Bertz CT molecular complexity index is 792. The van der Waals surface area contributed by atoms with E-state index < -0.39 is 11.4 Å². The molecule has 0 aliphatic carbocycles. The van der Waals surface area contributed by atoms with Crippen molar-refractivity contribution in [1.82, 2.24) is 9.55 Å². The van der Waals surface area contributed by atoms with Gasteiger partial charge < -0.3 is 14.4 Å². The summed E-state index contributed by atoms with van der Waals surface area (Å²) in [5.41, 5.74) is 0.430. The van der Waals surface area contributed by atoms with Crippen molar-refractivity contribution >= 4 is 17.0 Å². The van der Waals surface area contributed by atoms with Gasteiger partial charge in [-0.1, -0.05) is 6.08 Å². The number of hydrogen-bond donors (Lipinski definition) is 1. The standard InChI is InChI=1S/C14H12N2O4/c1-2-4-16-7-9(14(18)19)12(17)8-6-11-10(3-5-20-11)15-13(8)16/h2,6-7H,1,3-5H2,(H,18,19). The minimum atomic E-state index is -1.25. The second-order valence-corrected chi connectivity index (χ2v) is 4.52. The number of allylic oxidation sites excluding steroid dienone is 1. The highest BCUT2D eigenvalue weighted by atomic mass is 16.5. The number of aromatic nitrogens is 2. The van der Waals surface area contributed by atoms with E-state index in [4.69, 9.17) is 9.84 Å². The minimum Gasteiger partial charge on any atom is -0.491 e. The zero-order valence-electron chi connectivity index (χ0n) is 10.6. The number of pyridine rings is 2. The molecule has 0 unspecified atom stereocenters. The number of ether oxygens (including phenoxy) is 1. The van der Waals surface area contributed by atoms with Crippen LogP contribution in [0.3, 0.4) is 0 Å². The fourth-order valence-electron chi connectivity index (χ4n) is 2.32. The molecule has 3 heterocycles. The van der Waals surface area contributed by atoms with Gasteiger partial charge in [0.2, 0.25) is 5.43 Å². The summed E-state index contributed by atoms with van der Waals surface area (Å²) in [6.07, 6.45) is 3.62. The first-order chi connectivity index (χ1) is 9.61. The van der Waals surface area contributed by atoms with Crippen LogP contribution in [-0.4, -0.2) is 27.2 Å². The molecular formula is C14H12N2O4. The number of carboxylic acids is 1. The Labute approximate surface area is 113 Å². The van der Waals surface area contributed by atoms with E-state index >= 15 is 0 Å². The Hall–Kier alpha value is -2.63. The lowest BCUT2D eigenvalue weighted by Gasteiger charge is -2.10. The third kappa shape index (κ3) is 1.77. The molecule has 6 heteroatoms. The quantitative estimate of drug-likeness (QED) is 0.849. The van der Waals surface area contributed by atoms with Crippen molar-refractivity contribution in [2.45, 2.75) is 13.0 Å². The largest absolute Gasteiger partial charge is 0.491 e. The van der Waals surface area contributed by atoms with Crippen LogP contribution < -0.4 is 10.2 Å². The van der Waals surface area contributed by atoms with Crippen molar-refractivity contribution in [3.8, 4) is 5.75 Å². The van der Waals surface area contributed by atoms with Crippen molar-refractivity contribution in [3.63, 3.8) is 0 Å². The monoisotopic (exact) mass is 272 g/mol. The zero-order valence-corrected chi connectivity index (χ0v) is 10.6. The SMILES string of the molecule is C=CCn1cc(C(=O)O)c(=O)c2cc3c(nc21)CCO3. The van der Waals surface area contributed by atoms with E-state index in [0.29, 0.717) is 31.0 Å². The molecule has 0 saturated carbocycles. The Morgan fingerprint density at radius 3 is 3.10 bits per heavy atom. The number of aromatic carboxylic acids is 1. The van der Waals surface area contributed by atoms with Gasteiger partial charge in [-0.2, -0.15) is 0 Å². The molecule has 0 atom stereocenters. The van der Waals surface area contributed by atoms with Gasteiger partial charge in [0.25, 0.3) is 0 Å². The van der Waals surface area contributed by atoms with E-state index in [1.165, 1.54) is 6.20 Å². The first-order valence-corrected chi connectivity index (χ1v) is 6.16. The summed E-state index contributed by atoms with van der Waals surface area (Å²) in [5, 5.41) is 9.38. The Morgan fingerprint density at radius 1 is 1.60 bits per heavy atom. The molecule has 0 spiro atoms. The summed E-state index contributed by atoms with van der Waals surface area (Å²) in [5.74, 6) is -0.696. The van der Waals surface area contributed by atoms with Gasteiger partial charge in [0.15, 0.2) is 0 Å². The van der Waals surface area contributed by atoms with Gasteiger partial charge in [0.05, 0.1) is 17.7 Å². The lowest BCUT2D eigenvalue weighted by Crippen LogP contribution is -2.19. The molecule has 2 aromatic rings. The number of nitrogens with zero attached hydrogens (tertiary/aromatic N) is 2. The average Bonchev–Trinajstić information content (AvgIpc) is 2.87. The van der Waals surface area contributed by atoms with Crippen LogP contribution in [-0.2, 0) is 13.0 Å². The maximum atomic E-state index is 12.2. The summed E-state index contributed by atoms with van der Waals surface area (Å²) in [6, 6.07) is 1.58. The highest BCUT2D eigenvalue weighted by Gasteiger charge is 2.20. The molecule has 102 valence electrons. The van der Waals surface area contributed by atoms with Crippen LogP contribution in [0, 0.1) is 0 Å². The topological polar surface area (TPSA) is 81.4 Å². The lowest BCUT2D eigenvalue weighted by atomic mass is 10.1. The molecule has 1 aliphatic rings. The molecule has 1 aliphatic heterocycles. The molecule has 0 amide bonds. The third-order valence-electron chi connectivity index (χ3n) is 3.24. The van der Waals surface area contributed by atoms with E-state index in [0.717, 1.165) is 5.69 Å². The summed E-state index contributed by atoms with van der Waals surface area (Å²) in [7, 11) is 0. The number of carbonyl (C=O) groups is 1. The molecule has 20 heavy (non-hydrogen) atoms. The van der Waals surface area contributed by atoms with Crippen molar-refractivity contribution in [1.29, 1.82) is 0 Å². The Kier molecular flexibility index (Phi) is 2.78. The van der Waals surface area contributed by atoms with Crippen molar-refractivity contribution in [2.75, 3.05) is 6.61 Å². The van der Waals surface area contributed by atoms with Crippen molar-refractivity contribution in [2.24, 2.45) is 0 Å². The first kappa shape index (κ1) is 12.4. The molecule has 6 nitrogen and oxygen atoms in total. The molecule has 0 saturated heterocycles. The summed E-state index contributed by atoms with van der Waals surface area (Å²) >= 11 is 0. The molecule has 0 radical (unpaired) electrons. The van der Waals surface area contributed by atoms with Gasteiger partial charge in [0, 0.05) is 19.2 Å². The van der Waals surface area contributed by atoms with E-state index in [-0.39, 0.29) is 10.9 Å². The first-order valence-electron chi connectivity index (χ1n) is 6.16. The zero-order chi connectivity index (χ0) is 14.3. The highest BCUT2D eigenvalue weighted by molar-refractivity contribution is 5.92. The maximum absolute atomic E-state index is 12.2. The second-order valence-electron chi connectivity index (χ2n) is 4.52. The van der Waals surface area contributed by atoms with Gasteiger partial charge in [-0.25, -0.2) is 9.78 Å². The lowest BCUT2D eigenvalue weighted by molar-refractivity contribution is 0.0695. The van der Waals surface area contributed by atoms with Crippen LogP contribution in [0.5, 0.6) is 5.75 Å². The molecular weight excluding hydrogens is 260 g/mol. The predicted molar refractivity (Wildman–Crippen MR) is 72.4 cm³/mol. The number of fused-ring (bicyclic) bond motifs is 2. The van der Waals surface area contributed by atoms with Gasteiger partial charge in [-0.15, -0.1) is 6.58 Å². The smallest absolute Gasteiger partial charge is 0.341 e. The Balaban J connectivity index is 2.40. The van der Waals surface area contributed by atoms with E-state index in [1.807, 2.05) is 0 Å². The molecule has 0 fully saturated rings. The summed E-state index contributed by atoms with van der Waals surface area (Å²) < 4.78 is 7.00. The highest BCUT2D eigenvalue weighted by Crippen LogP contribution is 2.26. The van der Waals surface area contributed by atoms with Crippen LogP contribution in [0.2, 0.25) is 0 Å². The van der Waals surface area contributed by atoms with Gasteiger partial charge in [-0.05, 0) is 6.07 Å². The third-order valence-corrected chi connectivity index (χ3v) is 3.24. The molecule has 1 N–H and O–H groups in total. The summed E-state index contributed by atoms with van der Waals surface area (Å²) in [4.78, 5) is 27.8. The van der Waals surface area contributed by atoms with Crippen LogP contribution in [0.1, 0.15) is 16.1 Å². The van der Waals surface area contributed by atoms with E-state index in [1.54, 1.807) is 16.7 Å². The predicted octanol–water partition coefficient (Wildman–Crippen LogP) is 1.22. The van der Waals surface area contributed by atoms with E-state index in [9.17, 15) is 9.59 Å². The molecule has 3 rings (SSSR count). The van der Waals surface area contributed by atoms with Crippen molar-refractivity contribution < 1.29 is 14.6 Å². The number of carboxylic acid groups (broad SMARTS) is 1. The fourth-order valence-corrected chi connectivity index (χ4v) is 2.32. The van der Waals surface area contributed by atoms with Gasteiger partial charge in [-0.3, -0.25) is 4.79 Å². The maximum Gasteiger partial charge on any atom is 0.341 e. The molecule has 0 aromatic carbocycles. The average molecular weight is 272 g/mol. The summed E-state index contributed by atoms with van der Waals surface area (Å²) in [6.45, 7) is 4.54.